The lowest BCUT2D eigenvalue weighted by Gasteiger charge is -2.21. The SMILES string of the molecule is CCC/C=C\C/C=C\CCCCCCCC(=O)OC(CO)COP(=O)(O)OCC(COC(=O)CCCCCCCC/C=C\C/C=C\C/C=C\CCCCC)OC(=O)CCCCCCCCCCCCCCCCCCC. The van der Waals surface area contributed by atoms with Gasteiger partial charge < -0.3 is 24.2 Å². The summed E-state index contributed by atoms with van der Waals surface area (Å²) >= 11 is 0. The molecule has 0 fully saturated rings. The molecule has 2 N–H and O–H groups in total. The van der Waals surface area contributed by atoms with Crippen LogP contribution < -0.4 is 0 Å². The molecular formula is C64H115O11P. The van der Waals surface area contributed by atoms with Gasteiger partial charge >= 0.3 is 25.7 Å². The zero-order chi connectivity index (χ0) is 55.5. The van der Waals surface area contributed by atoms with Crippen molar-refractivity contribution in [2.45, 2.75) is 303 Å². The van der Waals surface area contributed by atoms with Gasteiger partial charge in [-0.25, -0.2) is 4.57 Å². The average molecular weight is 1090 g/mol. The maximum absolute atomic E-state index is 12.9. The predicted octanol–water partition coefficient (Wildman–Crippen LogP) is 18.7. The number of hydrogen-bond acceptors (Lipinski definition) is 10. The van der Waals surface area contributed by atoms with Crippen molar-refractivity contribution in [3.05, 3.63) is 60.8 Å². The Balaban J connectivity index is 4.72. The van der Waals surface area contributed by atoms with Crippen LogP contribution in [0.3, 0.4) is 0 Å². The van der Waals surface area contributed by atoms with Gasteiger partial charge in [-0.2, -0.15) is 0 Å². The third-order valence-corrected chi connectivity index (χ3v) is 14.3. The van der Waals surface area contributed by atoms with Crippen molar-refractivity contribution in [2.24, 2.45) is 0 Å². The summed E-state index contributed by atoms with van der Waals surface area (Å²) in [6, 6.07) is 0. The van der Waals surface area contributed by atoms with Crippen molar-refractivity contribution < 1.29 is 52.2 Å². The molecular weight excluding hydrogens is 976 g/mol. The van der Waals surface area contributed by atoms with E-state index in [1.54, 1.807) is 0 Å². The smallest absolute Gasteiger partial charge is 0.462 e. The molecule has 0 aliphatic rings. The van der Waals surface area contributed by atoms with Crippen LogP contribution in [0.25, 0.3) is 0 Å². The molecule has 0 saturated heterocycles. The monoisotopic (exact) mass is 1090 g/mol. The van der Waals surface area contributed by atoms with Crippen LogP contribution in [0, 0.1) is 0 Å². The number of carbonyl (C=O) groups excluding carboxylic acids is 3. The molecule has 0 rings (SSSR count). The highest BCUT2D eigenvalue weighted by molar-refractivity contribution is 7.47. The lowest BCUT2D eigenvalue weighted by molar-refractivity contribution is -0.161. The number of rotatable bonds is 58. The fraction of sp³-hybridized carbons (Fsp3) is 0.797. The summed E-state index contributed by atoms with van der Waals surface area (Å²) in [4.78, 5) is 48.7. The Morgan fingerprint density at radius 3 is 1.07 bits per heavy atom. The molecule has 11 nitrogen and oxygen atoms in total. The fourth-order valence-corrected chi connectivity index (χ4v) is 9.42. The average Bonchev–Trinajstić information content (AvgIpc) is 3.41. The molecule has 0 aromatic heterocycles. The van der Waals surface area contributed by atoms with E-state index < -0.39 is 57.8 Å². The first-order valence-electron chi connectivity index (χ1n) is 31.2. The van der Waals surface area contributed by atoms with Crippen LogP contribution in [0.4, 0.5) is 0 Å². The minimum Gasteiger partial charge on any atom is -0.462 e. The van der Waals surface area contributed by atoms with E-state index in [1.165, 1.54) is 116 Å². The lowest BCUT2D eigenvalue weighted by atomic mass is 10.0. The number of phosphoric acid groups is 1. The number of ether oxygens (including phenoxy) is 3. The first-order valence-corrected chi connectivity index (χ1v) is 32.7. The van der Waals surface area contributed by atoms with Gasteiger partial charge in [0.1, 0.15) is 12.7 Å². The number of unbranched alkanes of at least 4 members (excludes halogenated alkanes) is 31. The minimum absolute atomic E-state index is 0.161. The molecule has 0 spiro atoms. The van der Waals surface area contributed by atoms with Crippen LogP contribution in [0.1, 0.15) is 290 Å². The van der Waals surface area contributed by atoms with Crippen LogP contribution >= 0.6 is 7.82 Å². The second-order valence-corrected chi connectivity index (χ2v) is 22.3. The molecule has 76 heavy (non-hydrogen) atoms. The first kappa shape index (κ1) is 73.2. The second-order valence-electron chi connectivity index (χ2n) is 20.9. The molecule has 442 valence electrons. The second kappa shape index (κ2) is 58.3. The number of aliphatic hydroxyl groups excluding tert-OH is 1. The Labute approximate surface area is 465 Å². The van der Waals surface area contributed by atoms with Gasteiger partial charge in [-0.15, -0.1) is 0 Å². The predicted molar refractivity (Wildman–Crippen MR) is 316 cm³/mol. The normalized spacial score (nSPS) is 13.7. The van der Waals surface area contributed by atoms with Gasteiger partial charge in [0, 0.05) is 19.3 Å². The van der Waals surface area contributed by atoms with E-state index in [4.69, 9.17) is 23.3 Å². The molecule has 0 amide bonds. The largest absolute Gasteiger partial charge is 0.472 e. The molecule has 0 aromatic rings. The fourth-order valence-electron chi connectivity index (χ4n) is 8.64. The molecule has 0 aromatic carbocycles. The zero-order valence-corrected chi connectivity index (χ0v) is 49.9. The van der Waals surface area contributed by atoms with Crippen molar-refractivity contribution in [2.75, 3.05) is 26.4 Å². The third kappa shape index (κ3) is 55.9. The highest BCUT2D eigenvalue weighted by atomic mass is 31.2. The van der Waals surface area contributed by atoms with E-state index >= 15 is 0 Å². The van der Waals surface area contributed by atoms with Crippen molar-refractivity contribution in [3.63, 3.8) is 0 Å². The summed E-state index contributed by atoms with van der Waals surface area (Å²) in [6.07, 6.45) is 64.5. The quantitative estimate of drug-likeness (QED) is 0.0197. The van der Waals surface area contributed by atoms with Gasteiger partial charge in [0.05, 0.1) is 19.8 Å². The summed E-state index contributed by atoms with van der Waals surface area (Å²) in [5.74, 6) is -1.48. The molecule has 12 heteroatoms. The Kier molecular flexibility index (Phi) is 56.2. The maximum Gasteiger partial charge on any atom is 0.472 e. The van der Waals surface area contributed by atoms with Crippen LogP contribution in [0.2, 0.25) is 0 Å². The van der Waals surface area contributed by atoms with Gasteiger partial charge in [-0.3, -0.25) is 23.4 Å². The van der Waals surface area contributed by atoms with E-state index in [2.05, 4.69) is 81.5 Å². The lowest BCUT2D eigenvalue weighted by Crippen LogP contribution is -2.30. The van der Waals surface area contributed by atoms with Gasteiger partial charge in [-0.1, -0.05) is 248 Å². The van der Waals surface area contributed by atoms with Crippen LogP contribution in [0.15, 0.2) is 60.8 Å². The van der Waals surface area contributed by atoms with Gasteiger partial charge in [-0.05, 0) is 83.5 Å². The number of carbonyl (C=O) groups is 3. The molecule has 0 heterocycles. The van der Waals surface area contributed by atoms with Gasteiger partial charge in [0.2, 0.25) is 0 Å². The molecule has 0 aliphatic heterocycles. The minimum atomic E-state index is -4.76. The maximum atomic E-state index is 12.9. The summed E-state index contributed by atoms with van der Waals surface area (Å²) < 4.78 is 39.6. The summed E-state index contributed by atoms with van der Waals surface area (Å²) in [6.45, 7) is 4.57. The number of hydrogen-bond donors (Lipinski definition) is 2. The molecule has 3 atom stereocenters. The highest BCUT2D eigenvalue weighted by Gasteiger charge is 2.28. The highest BCUT2D eigenvalue weighted by Crippen LogP contribution is 2.43. The number of allylic oxidation sites excluding steroid dienone is 10. The summed E-state index contributed by atoms with van der Waals surface area (Å²) in [7, 11) is -4.76. The molecule has 0 bridgehead atoms. The standard InChI is InChI=1S/C64H115O11P/c1-4-7-10-13-16-19-22-25-27-29-30-32-33-36-38-41-44-47-50-53-62(66)71-57-61(75-64(68)55-52-49-46-43-40-37-34-31-28-26-23-20-17-14-11-8-5-2)59-73-76(69,70)72-58-60(56-65)74-63(67)54-51-48-45-42-39-35-24-21-18-15-12-9-6-3/h12,15-16,19,21,24-25,27,30,32,60-61,65H,4-11,13-14,17-18,20,22-23,26,28-29,31,33-59H2,1-3H3,(H,69,70)/b15-12-,19-16-,24-21-,27-25-,32-30-. The van der Waals surface area contributed by atoms with Crippen molar-refractivity contribution in [1.29, 1.82) is 0 Å². The van der Waals surface area contributed by atoms with Crippen LogP contribution in [-0.4, -0.2) is 66.5 Å². The summed E-state index contributed by atoms with van der Waals surface area (Å²) in [5, 5.41) is 9.82. The van der Waals surface area contributed by atoms with Crippen molar-refractivity contribution in [1.82, 2.24) is 0 Å². The van der Waals surface area contributed by atoms with E-state index in [1.807, 2.05) is 0 Å². The van der Waals surface area contributed by atoms with E-state index in [0.717, 1.165) is 116 Å². The van der Waals surface area contributed by atoms with Crippen molar-refractivity contribution >= 4 is 25.7 Å². The summed E-state index contributed by atoms with van der Waals surface area (Å²) in [5.41, 5.74) is 0. The Bertz CT molecular complexity index is 1510. The van der Waals surface area contributed by atoms with Crippen LogP contribution in [-0.2, 0) is 42.2 Å². The van der Waals surface area contributed by atoms with Crippen molar-refractivity contribution in [3.8, 4) is 0 Å². The van der Waals surface area contributed by atoms with Gasteiger partial charge in [0.25, 0.3) is 0 Å². The topological polar surface area (TPSA) is 155 Å². The van der Waals surface area contributed by atoms with E-state index in [9.17, 15) is 28.9 Å². The van der Waals surface area contributed by atoms with E-state index in [0.29, 0.717) is 19.3 Å². The molecule has 0 saturated carbocycles. The first-order chi connectivity index (χ1) is 37.2. The van der Waals surface area contributed by atoms with E-state index in [-0.39, 0.29) is 25.9 Å². The molecule has 0 aliphatic carbocycles. The molecule has 3 unspecified atom stereocenters. The Morgan fingerprint density at radius 1 is 0.368 bits per heavy atom. The zero-order valence-electron chi connectivity index (χ0n) is 49.0. The Morgan fingerprint density at radius 2 is 0.671 bits per heavy atom. The number of phosphoric ester groups is 1. The van der Waals surface area contributed by atoms with Crippen LogP contribution in [0.5, 0.6) is 0 Å². The number of esters is 3. The Hall–Kier alpha value is -2.82. The third-order valence-electron chi connectivity index (χ3n) is 13.4. The van der Waals surface area contributed by atoms with Gasteiger partial charge in [0.15, 0.2) is 6.10 Å². The number of aliphatic hydroxyl groups is 1. The molecule has 0 radical (unpaired) electrons.